The molecule has 0 atom stereocenters. The zero-order valence-electron chi connectivity index (χ0n) is 14.1. The third-order valence-electron chi connectivity index (χ3n) is 3.80. The summed E-state index contributed by atoms with van der Waals surface area (Å²) >= 11 is 4.90. The van der Waals surface area contributed by atoms with Gasteiger partial charge in [-0.1, -0.05) is 34.1 Å². The van der Waals surface area contributed by atoms with E-state index in [-0.39, 0.29) is 5.91 Å². The fourth-order valence-electron chi connectivity index (χ4n) is 2.46. The molecule has 0 aliphatic heterocycles. The van der Waals surface area contributed by atoms with Crippen LogP contribution in [0.4, 0.5) is 5.13 Å². The van der Waals surface area contributed by atoms with Gasteiger partial charge in [0.05, 0.1) is 12.8 Å². The van der Waals surface area contributed by atoms with E-state index in [9.17, 15) is 4.79 Å². The molecule has 3 aromatic rings. The van der Waals surface area contributed by atoms with E-state index in [2.05, 4.69) is 26.2 Å². The van der Waals surface area contributed by atoms with Crippen molar-refractivity contribution in [3.05, 3.63) is 62.9 Å². The Morgan fingerprint density at radius 2 is 1.88 bits per heavy atom. The average Bonchev–Trinajstić information content (AvgIpc) is 2.96. The number of nitrogens with one attached hydrogen (secondary N) is 1. The summed E-state index contributed by atoms with van der Waals surface area (Å²) in [5, 5.41) is 3.46. The van der Waals surface area contributed by atoms with Gasteiger partial charge in [0.1, 0.15) is 5.75 Å². The van der Waals surface area contributed by atoms with Crippen molar-refractivity contribution in [2.24, 2.45) is 0 Å². The van der Waals surface area contributed by atoms with Gasteiger partial charge in [0.15, 0.2) is 5.13 Å². The molecule has 0 radical (unpaired) electrons. The minimum Gasteiger partial charge on any atom is -0.496 e. The van der Waals surface area contributed by atoms with Gasteiger partial charge in [-0.2, -0.15) is 0 Å². The zero-order valence-corrected chi connectivity index (χ0v) is 16.5. The highest BCUT2D eigenvalue weighted by Gasteiger charge is 2.14. The average molecular weight is 417 g/mol. The maximum atomic E-state index is 12.5. The lowest BCUT2D eigenvalue weighted by Crippen LogP contribution is -2.12. The molecule has 0 spiro atoms. The number of aromatic nitrogens is 1. The molecular formula is C19H17BrN2O2S. The van der Waals surface area contributed by atoms with E-state index >= 15 is 0 Å². The van der Waals surface area contributed by atoms with Crippen molar-refractivity contribution >= 4 is 38.3 Å². The van der Waals surface area contributed by atoms with E-state index in [1.165, 1.54) is 11.3 Å². The third-order valence-corrected chi connectivity index (χ3v) is 5.22. The van der Waals surface area contributed by atoms with Crippen LogP contribution in [-0.4, -0.2) is 18.0 Å². The second-order valence-corrected chi connectivity index (χ2v) is 7.69. The van der Waals surface area contributed by atoms with Gasteiger partial charge in [0.2, 0.25) is 0 Å². The van der Waals surface area contributed by atoms with Gasteiger partial charge in [-0.05, 0) is 43.7 Å². The number of nitrogens with zero attached hydrogens (tertiary/aromatic N) is 1. The van der Waals surface area contributed by atoms with E-state index in [1.54, 1.807) is 19.2 Å². The van der Waals surface area contributed by atoms with Gasteiger partial charge < -0.3 is 4.74 Å². The molecule has 0 fully saturated rings. The molecule has 4 nitrogen and oxygen atoms in total. The van der Waals surface area contributed by atoms with E-state index in [4.69, 9.17) is 4.74 Å². The van der Waals surface area contributed by atoms with Crippen molar-refractivity contribution in [1.29, 1.82) is 0 Å². The summed E-state index contributed by atoms with van der Waals surface area (Å²) in [5.74, 6) is 0.493. The van der Waals surface area contributed by atoms with Crippen LogP contribution in [0.15, 0.2) is 46.9 Å². The number of hydrogen-bond acceptors (Lipinski definition) is 4. The first-order valence-electron chi connectivity index (χ1n) is 7.67. The lowest BCUT2D eigenvalue weighted by molar-refractivity contribution is 0.102. The maximum absolute atomic E-state index is 12.5. The first-order valence-corrected chi connectivity index (χ1v) is 9.28. The van der Waals surface area contributed by atoms with Gasteiger partial charge in [-0.15, -0.1) is 11.3 Å². The molecule has 6 heteroatoms. The van der Waals surface area contributed by atoms with E-state index in [0.29, 0.717) is 16.4 Å². The van der Waals surface area contributed by atoms with Crippen LogP contribution in [0, 0.1) is 13.8 Å². The Morgan fingerprint density at radius 3 is 2.56 bits per heavy atom. The summed E-state index contributed by atoms with van der Waals surface area (Å²) in [6.07, 6.45) is 0. The predicted octanol–water partition coefficient (Wildman–Crippen LogP) is 5.45. The smallest absolute Gasteiger partial charge is 0.257 e. The summed E-state index contributed by atoms with van der Waals surface area (Å²) in [5.41, 5.74) is 3.44. The number of rotatable bonds is 4. The monoisotopic (exact) mass is 416 g/mol. The molecule has 1 N–H and O–H groups in total. The number of thiazole rings is 1. The second-order valence-electron chi connectivity index (χ2n) is 5.57. The largest absolute Gasteiger partial charge is 0.496 e. The van der Waals surface area contributed by atoms with Crippen LogP contribution in [-0.2, 0) is 0 Å². The van der Waals surface area contributed by atoms with Gasteiger partial charge in [-0.25, -0.2) is 4.98 Å². The number of methoxy groups -OCH3 is 1. The summed E-state index contributed by atoms with van der Waals surface area (Å²) in [6, 6.07) is 13.3. The SMILES string of the molecule is COc1cc(C(=O)Nc2nc(-c3ccc(Br)cc3)c(C)s2)ccc1C. The van der Waals surface area contributed by atoms with Gasteiger partial charge >= 0.3 is 0 Å². The van der Waals surface area contributed by atoms with Crippen LogP contribution in [0.1, 0.15) is 20.8 Å². The number of carbonyl (C=O) groups is 1. The number of hydrogen-bond donors (Lipinski definition) is 1. The Bertz CT molecular complexity index is 920. The van der Waals surface area contributed by atoms with E-state index < -0.39 is 0 Å². The Morgan fingerprint density at radius 1 is 1.16 bits per heavy atom. The molecule has 2 aromatic carbocycles. The van der Waals surface area contributed by atoms with Crippen molar-refractivity contribution in [3.8, 4) is 17.0 Å². The maximum Gasteiger partial charge on any atom is 0.257 e. The van der Waals surface area contributed by atoms with E-state index in [1.807, 2.05) is 44.2 Å². The highest BCUT2D eigenvalue weighted by molar-refractivity contribution is 9.10. The lowest BCUT2D eigenvalue weighted by atomic mass is 10.1. The quantitative estimate of drug-likeness (QED) is 0.614. The van der Waals surface area contributed by atoms with Crippen molar-refractivity contribution < 1.29 is 9.53 Å². The topological polar surface area (TPSA) is 51.2 Å². The van der Waals surface area contributed by atoms with Crippen molar-refractivity contribution in [2.75, 3.05) is 12.4 Å². The van der Waals surface area contributed by atoms with Gasteiger partial charge in [0, 0.05) is 20.5 Å². The third kappa shape index (κ3) is 3.91. The number of amides is 1. The Labute approximate surface area is 159 Å². The van der Waals surface area contributed by atoms with Crippen molar-refractivity contribution in [2.45, 2.75) is 13.8 Å². The first kappa shape index (κ1) is 17.6. The number of aryl methyl sites for hydroxylation is 2. The number of halogens is 1. The molecule has 3 rings (SSSR count). The number of anilines is 1. The molecule has 0 unspecified atom stereocenters. The Balaban J connectivity index is 1.83. The fourth-order valence-corrected chi connectivity index (χ4v) is 3.55. The van der Waals surface area contributed by atoms with Crippen LogP contribution in [0.2, 0.25) is 0 Å². The van der Waals surface area contributed by atoms with E-state index in [0.717, 1.165) is 26.2 Å². The summed E-state index contributed by atoms with van der Waals surface area (Å²) in [6.45, 7) is 3.94. The fraction of sp³-hybridized carbons (Fsp3) is 0.158. The molecule has 0 saturated heterocycles. The zero-order chi connectivity index (χ0) is 18.0. The summed E-state index contributed by atoms with van der Waals surface area (Å²) < 4.78 is 6.30. The number of carbonyl (C=O) groups excluding carboxylic acids is 1. The Hall–Kier alpha value is -2.18. The van der Waals surface area contributed by atoms with Crippen LogP contribution in [0.3, 0.4) is 0 Å². The first-order chi connectivity index (χ1) is 12.0. The van der Waals surface area contributed by atoms with Crippen LogP contribution >= 0.6 is 27.3 Å². The molecule has 0 saturated carbocycles. The number of benzene rings is 2. The predicted molar refractivity (Wildman–Crippen MR) is 106 cm³/mol. The molecule has 1 aromatic heterocycles. The molecule has 0 bridgehead atoms. The van der Waals surface area contributed by atoms with Gasteiger partial charge in [-0.3, -0.25) is 10.1 Å². The van der Waals surface area contributed by atoms with Crippen molar-refractivity contribution in [3.63, 3.8) is 0 Å². The van der Waals surface area contributed by atoms with Crippen LogP contribution < -0.4 is 10.1 Å². The van der Waals surface area contributed by atoms with Crippen LogP contribution in [0.5, 0.6) is 5.75 Å². The summed E-state index contributed by atoms with van der Waals surface area (Å²) in [7, 11) is 1.60. The highest BCUT2D eigenvalue weighted by Crippen LogP contribution is 2.31. The molecule has 0 aliphatic rings. The normalized spacial score (nSPS) is 10.6. The molecule has 0 aliphatic carbocycles. The Kier molecular flexibility index (Phi) is 5.20. The minimum absolute atomic E-state index is 0.200. The van der Waals surface area contributed by atoms with Crippen LogP contribution in [0.25, 0.3) is 11.3 Å². The minimum atomic E-state index is -0.200. The van der Waals surface area contributed by atoms with Crippen molar-refractivity contribution in [1.82, 2.24) is 4.98 Å². The highest BCUT2D eigenvalue weighted by atomic mass is 79.9. The molecular weight excluding hydrogens is 400 g/mol. The van der Waals surface area contributed by atoms with Gasteiger partial charge in [0.25, 0.3) is 5.91 Å². The standard InChI is InChI=1S/C19H17BrN2O2S/c1-11-4-5-14(10-16(11)24-3)18(23)22-19-21-17(12(2)25-19)13-6-8-15(20)9-7-13/h4-10H,1-3H3,(H,21,22,23). The number of ether oxygens (including phenoxy) is 1. The molecule has 1 amide bonds. The molecule has 128 valence electrons. The molecule has 25 heavy (non-hydrogen) atoms. The lowest BCUT2D eigenvalue weighted by Gasteiger charge is -2.07. The second kappa shape index (κ2) is 7.37. The summed E-state index contributed by atoms with van der Waals surface area (Å²) in [4.78, 5) is 18.1. The molecule has 1 heterocycles.